The lowest BCUT2D eigenvalue weighted by Crippen LogP contribution is -2.09. The molecule has 0 fully saturated rings. The van der Waals surface area contributed by atoms with Crippen LogP contribution in [0.25, 0.3) is 0 Å². The van der Waals surface area contributed by atoms with Crippen LogP contribution >= 0.6 is 0 Å². The van der Waals surface area contributed by atoms with Crippen LogP contribution in [-0.2, 0) is 6.42 Å². The van der Waals surface area contributed by atoms with Crippen molar-refractivity contribution in [2.75, 3.05) is 12.4 Å². The average molecular weight is 271 g/mol. The molecule has 0 aliphatic heterocycles. The highest BCUT2D eigenvalue weighted by atomic mass is 16.5. The van der Waals surface area contributed by atoms with E-state index in [-0.39, 0.29) is 6.04 Å². The lowest BCUT2D eigenvalue weighted by molar-refractivity contribution is 0.414. The molecule has 106 valence electrons. The molecule has 1 aromatic carbocycles. The van der Waals surface area contributed by atoms with Gasteiger partial charge in [0.05, 0.1) is 7.11 Å². The van der Waals surface area contributed by atoms with Crippen molar-refractivity contribution < 1.29 is 4.74 Å². The lowest BCUT2D eigenvalue weighted by atomic mass is 10.1. The summed E-state index contributed by atoms with van der Waals surface area (Å²) < 4.78 is 5.17. The molecule has 4 heteroatoms. The quantitative estimate of drug-likeness (QED) is 0.903. The van der Waals surface area contributed by atoms with Gasteiger partial charge in [0.25, 0.3) is 0 Å². The van der Waals surface area contributed by atoms with E-state index in [1.165, 1.54) is 5.56 Å². The second-order valence-corrected chi connectivity index (χ2v) is 4.78. The zero-order valence-corrected chi connectivity index (χ0v) is 12.5. The van der Waals surface area contributed by atoms with E-state index in [4.69, 9.17) is 4.74 Å². The Morgan fingerprint density at radius 3 is 2.50 bits per heavy atom. The molecule has 0 spiro atoms. The first kappa shape index (κ1) is 14.3. The van der Waals surface area contributed by atoms with Gasteiger partial charge in [-0.25, -0.2) is 9.97 Å². The molecule has 0 bridgehead atoms. The summed E-state index contributed by atoms with van der Waals surface area (Å²) in [6.45, 7) is 6.13. The molecule has 20 heavy (non-hydrogen) atoms. The fourth-order valence-electron chi connectivity index (χ4n) is 2.08. The molecule has 1 heterocycles. The molecule has 4 nitrogen and oxygen atoms in total. The normalized spacial score (nSPS) is 12.0. The molecule has 0 aliphatic rings. The number of benzene rings is 1. The monoisotopic (exact) mass is 271 g/mol. The topological polar surface area (TPSA) is 47.0 Å². The van der Waals surface area contributed by atoms with E-state index in [1.807, 2.05) is 25.1 Å². The Morgan fingerprint density at radius 2 is 1.90 bits per heavy atom. The van der Waals surface area contributed by atoms with E-state index >= 15 is 0 Å². The number of aromatic nitrogens is 2. The van der Waals surface area contributed by atoms with Gasteiger partial charge in [0.1, 0.15) is 17.4 Å². The molecule has 1 atom stereocenters. The largest absolute Gasteiger partial charge is 0.497 e. The molecule has 2 rings (SSSR count). The zero-order valence-electron chi connectivity index (χ0n) is 12.5. The van der Waals surface area contributed by atoms with Gasteiger partial charge in [-0.05, 0) is 38.0 Å². The first-order valence-corrected chi connectivity index (χ1v) is 6.87. The molecule has 0 saturated heterocycles. The van der Waals surface area contributed by atoms with Crippen LogP contribution in [0.15, 0.2) is 30.3 Å². The summed E-state index contributed by atoms with van der Waals surface area (Å²) in [5.41, 5.74) is 2.25. The molecule has 0 amide bonds. The smallest absolute Gasteiger partial charge is 0.130 e. The summed E-state index contributed by atoms with van der Waals surface area (Å²) in [4.78, 5) is 8.82. The first-order valence-electron chi connectivity index (χ1n) is 6.87. The van der Waals surface area contributed by atoms with Crippen molar-refractivity contribution in [3.8, 4) is 5.75 Å². The van der Waals surface area contributed by atoms with Crippen LogP contribution in [0.4, 0.5) is 5.82 Å². The van der Waals surface area contributed by atoms with Gasteiger partial charge in [0.15, 0.2) is 0 Å². The minimum atomic E-state index is 0.180. The maximum atomic E-state index is 5.17. The number of methoxy groups -OCH3 is 1. The summed E-state index contributed by atoms with van der Waals surface area (Å²) in [5.74, 6) is 2.54. The zero-order chi connectivity index (χ0) is 14.5. The van der Waals surface area contributed by atoms with Gasteiger partial charge in [-0.2, -0.15) is 0 Å². The number of rotatable bonds is 5. The summed E-state index contributed by atoms with van der Waals surface area (Å²) in [6, 6.07) is 10.2. The van der Waals surface area contributed by atoms with Gasteiger partial charge in [0, 0.05) is 17.8 Å². The van der Waals surface area contributed by atoms with Crippen molar-refractivity contribution in [3.63, 3.8) is 0 Å². The van der Waals surface area contributed by atoms with Crippen LogP contribution in [0.3, 0.4) is 0 Å². The van der Waals surface area contributed by atoms with Crippen LogP contribution in [0.5, 0.6) is 5.75 Å². The Bertz CT molecular complexity index is 566. The van der Waals surface area contributed by atoms with Crippen molar-refractivity contribution in [3.05, 3.63) is 47.4 Å². The van der Waals surface area contributed by atoms with Crippen LogP contribution in [-0.4, -0.2) is 17.1 Å². The minimum Gasteiger partial charge on any atom is -0.497 e. The number of hydrogen-bond acceptors (Lipinski definition) is 4. The maximum absolute atomic E-state index is 5.17. The summed E-state index contributed by atoms with van der Waals surface area (Å²) >= 11 is 0. The third-order valence-electron chi connectivity index (χ3n) is 3.23. The predicted molar refractivity (Wildman–Crippen MR) is 81.2 cm³/mol. The molecule has 0 radical (unpaired) electrons. The van der Waals surface area contributed by atoms with Crippen LogP contribution in [0.2, 0.25) is 0 Å². The number of anilines is 1. The minimum absolute atomic E-state index is 0.180. The standard InChI is InChI=1S/C16H21N3O/c1-5-14-10-16(19-12(3)18-14)17-11(2)13-6-8-15(20-4)9-7-13/h6-11H,5H2,1-4H3,(H,17,18,19). The van der Waals surface area contributed by atoms with E-state index < -0.39 is 0 Å². The average Bonchev–Trinajstić information content (AvgIpc) is 2.46. The lowest BCUT2D eigenvalue weighted by Gasteiger charge is -2.16. The first-order chi connectivity index (χ1) is 9.62. The third kappa shape index (κ3) is 3.47. The van der Waals surface area contributed by atoms with Crippen LogP contribution in [0, 0.1) is 6.92 Å². The van der Waals surface area contributed by atoms with E-state index in [1.54, 1.807) is 7.11 Å². The number of nitrogens with one attached hydrogen (secondary N) is 1. The predicted octanol–water partition coefficient (Wildman–Crippen LogP) is 3.53. The van der Waals surface area contributed by atoms with E-state index in [0.29, 0.717) is 0 Å². The second kappa shape index (κ2) is 6.37. The van der Waals surface area contributed by atoms with E-state index in [9.17, 15) is 0 Å². The van der Waals surface area contributed by atoms with Gasteiger partial charge >= 0.3 is 0 Å². The van der Waals surface area contributed by atoms with Gasteiger partial charge in [0.2, 0.25) is 0 Å². The number of ether oxygens (including phenoxy) is 1. The molecule has 1 N–H and O–H groups in total. The van der Waals surface area contributed by atoms with E-state index in [2.05, 4.69) is 41.3 Å². The highest BCUT2D eigenvalue weighted by molar-refractivity contribution is 5.40. The molecule has 2 aromatic rings. The molecule has 0 aliphatic carbocycles. The molecule has 1 unspecified atom stereocenters. The molecular weight excluding hydrogens is 250 g/mol. The summed E-state index contributed by atoms with van der Waals surface area (Å²) in [6.07, 6.45) is 0.912. The van der Waals surface area contributed by atoms with Crippen molar-refractivity contribution in [2.45, 2.75) is 33.2 Å². The second-order valence-electron chi connectivity index (χ2n) is 4.78. The Balaban J connectivity index is 2.13. The Labute approximate surface area is 120 Å². The Hall–Kier alpha value is -2.10. The Kier molecular flexibility index (Phi) is 4.56. The van der Waals surface area contributed by atoms with E-state index in [0.717, 1.165) is 29.5 Å². The number of aryl methyl sites for hydroxylation is 2. The van der Waals surface area contributed by atoms with Crippen molar-refractivity contribution >= 4 is 5.82 Å². The van der Waals surface area contributed by atoms with Crippen molar-refractivity contribution in [1.82, 2.24) is 9.97 Å². The number of hydrogen-bond donors (Lipinski definition) is 1. The van der Waals surface area contributed by atoms with Crippen LogP contribution < -0.4 is 10.1 Å². The van der Waals surface area contributed by atoms with Crippen molar-refractivity contribution in [2.24, 2.45) is 0 Å². The molecule has 1 aromatic heterocycles. The van der Waals surface area contributed by atoms with Crippen LogP contribution in [0.1, 0.15) is 37.0 Å². The molecular formula is C16H21N3O. The van der Waals surface area contributed by atoms with Gasteiger partial charge in [-0.3, -0.25) is 0 Å². The highest BCUT2D eigenvalue weighted by Crippen LogP contribution is 2.21. The van der Waals surface area contributed by atoms with Crippen molar-refractivity contribution in [1.29, 1.82) is 0 Å². The molecule has 0 saturated carbocycles. The number of nitrogens with zero attached hydrogens (tertiary/aromatic N) is 2. The maximum Gasteiger partial charge on any atom is 0.130 e. The van der Waals surface area contributed by atoms with Gasteiger partial charge in [-0.1, -0.05) is 19.1 Å². The summed E-state index contributed by atoms with van der Waals surface area (Å²) in [7, 11) is 1.67. The highest BCUT2D eigenvalue weighted by Gasteiger charge is 2.08. The van der Waals surface area contributed by atoms with Gasteiger partial charge < -0.3 is 10.1 Å². The SMILES string of the molecule is CCc1cc(NC(C)c2ccc(OC)cc2)nc(C)n1. The third-order valence-corrected chi connectivity index (χ3v) is 3.23. The Morgan fingerprint density at radius 1 is 1.20 bits per heavy atom. The van der Waals surface area contributed by atoms with Gasteiger partial charge in [-0.15, -0.1) is 0 Å². The fourth-order valence-corrected chi connectivity index (χ4v) is 2.08. The fraction of sp³-hybridized carbons (Fsp3) is 0.375. The summed E-state index contributed by atoms with van der Waals surface area (Å²) in [5, 5.41) is 3.42.